The van der Waals surface area contributed by atoms with Gasteiger partial charge in [-0.05, 0) is 43.0 Å². The van der Waals surface area contributed by atoms with E-state index in [1.54, 1.807) is 24.3 Å². The largest absolute Gasteiger partial charge is 0.324 e. The van der Waals surface area contributed by atoms with Crippen molar-refractivity contribution < 1.29 is 18.0 Å². The van der Waals surface area contributed by atoms with Gasteiger partial charge in [-0.15, -0.1) is 0 Å². The maximum atomic E-state index is 14.4. The van der Waals surface area contributed by atoms with E-state index in [1.807, 2.05) is 10.6 Å². The number of anilines is 1. The second-order valence-electron chi connectivity index (χ2n) is 9.11. The molecule has 5 nitrogen and oxygen atoms in total. The zero-order valence-electron chi connectivity index (χ0n) is 19.4. The van der Waals surface area contributed by atoms with E-state index in [1.165, 1.54) is 18.6 Å². The highest BCUT2D eigenvalue weighted by Crippen LogP contribution is 2.33. The number of halogens is 3. The number of nitriles is 1. The van der Waals surface area contributed by atoms with E-state index < -0.39 is 23.4 Å². The van der Waals surface area contributed by atoms with E-state index in [4.69, 9.17) is 5.26 Å². The summed E-state index contributed by atoms with van der Waals surface area (Å²) in [6.45, 7) is 0.567. The highest BCUT2D eigenvalue weighted by molar-refractivity contribution is 6.08. The van der Waals surface area contributed by atoms with Gasteiger partial charge in [0.05, 0.1) is 33.9 Å². The van der Waals surface area contributed by atoms with Crippen LogP contribution in [-0.4, -0.2) is 15.5 Å². The average molecular weight is 489 g/mol. The highest BCUT2D eigenvalue weighted by Gasteiger charge is 2.23. The predicted molar refractivity (Wildman–Crippen MR) is 131 cm³/mol. The fourth-order valence-electron chi connectivity index (χ4n) is 4.89. The van der Waals surface area contributed by atoms with Crippen molar-refractivity contribution in [1.82, 2.24) is 9.55 Å². The summed E-state index contributed by atoms with van der Waals surface area (Å²) in [7, 11) is 0. The lowest BCUT2D eigenvalue weighted by molar-refractivity contribution is 0.102. The van der Waals surface area contributed by atoms with Crippen LogP contribution in [0.3, 0.4) is 0 Å². The van der Waals surface area contributed by atoms with Crippen LogP contribution in [0.15, 0.2) is 54.6 Å². The average Bonchev–Trinajstić information content (AvgIpc) is 3.22. The zero-order valence-corrected chi connectivity index (χ0v) is 19.4. The van der Waals surface area contributed by atoms with Gasteiger partial charge in [0.1, 0.15) is 11.6 Å². The van der Waals surface area contributed by atoms with E-state index in [0.29, 0.717) is 34.9 Å². The van der Waals surface area contributed by atoms with Gasteiger partial charge in [-0.25, -0.2) is 18.2 Å². The number of fused-ring (bicyclic) bond motifs is 1. The maximum absolute atomic E-state index is 14.4. The molecule has 1 saturated carbocycles. The summed E-state index contributed by atoms with van der Waals surface area (Å²) in [6, 6.07) is 14.6. The molecule has 0 bridgehead atoms. The Kier molecular flexibility index (Phi) is 6.47. The number of nitrogens with one attached hydrogen (secondary N) is 1. The van der Waals surface area contributed by atoms with Crippen molar-refractivity contribution in [3.63, 3.8) is 0 Å². The molecule has 1 aromatic heterocycles. The summed E-state index contributed by atoms with van der Waals surface area (Å²) in [5.74, 6) is -2.46. The lowest BCUT2D eigenvalue weighted by atomic mass is 9.89. The number of nitrogens with zero attached hydrogens (tertiary/aromatic N) is 3. The Bertz CT molecular complexity index is 1500. The second-order valence-corrected chi connectivity index (χ2v) is 9.11. The molecule has 1 heterocycles. The zero-order chi connectivity index (χ0) is 25.2. The van der Waals surface area contributed by atoms with Crippen molar-refractivity contribution in [2.24, 2.45) is 5.92 Å². The molecule has 36 heavy (non-hydrogen) atoms. The fraction of sp³-hybridized carbons (Fsp3) is 0.250. The smallest absolute Gasteiger partial charge is 0.256 e. The van der Waals surface area contributed by atoms with Crippen LogP contribution in [-0.2, 0) is 6.54 Å². The van der Waals surface area contributed by atoms with Crippen LogP contribution in [0.2, 0.25) is 0 Å². The standard InChI is InChI=1S/C28H23F3N4O/c29-21-13-25-26(14-22(21)30)35(16-17-6-2-1-3-7-17)27(33-25)19-8-4-5-9-20(19)28(36)34-24-11-10-18(15-32)12-23(24)31/h4-5,8-14,17H,1-3,6-7,16H2,(H,34,36). The van der Waals surface area contributed by atoms with Gasteiger partial charge in [-0.3, -0.25) is 4.79 Å². The van der Waals surface area contributed by atoms with Crippen LogP contribution in [0, 0.1) is 34.7 Å². The third-order valence-corrected chi connectivity index (χ3v) is 6.71. The van der Waals surface area contributed by atoms with Crippen molar-refractivity contribution in [3.8, 4) is 17.5 Å². The normalized spacial score (nSPS) is 14.1. The van der Waals surface area contributed by atoms with Gasteiger partial charge in [0.2, 0.25) is 0 Å². The van der Waals surface area contributed by atoms with E-state index in [2.05, 4.69) is 10.3 Å². The quantitative estimate of drug-likeness (QED) is 0.335. The molecular weight excluding hydrogens is 465 g/mol. The fourth-order valence-corrected chi connectivity index (χ4v) is 4.89. The number of carbonyl (C=O) groups excluding carboxylic acids is 1. The first-order chi connectivity index (χ1) is 17.4. The lowest BCUT2D eigenvalue weighted by Gasteiger charge is -2.23. The summed E-state index contributed by atoms with van der Waals surface area (Å²) in [4.78, 5) is 17.8. The Hall–Kier alpha value is -4.12. The molecule has 3 aromatic carbocycles. The Morgan fingerprint density at radius 1 is 1.00 bits per heavy atom. The van der Waals surface area contributed by atoms with Crippen molar-refractivity contribution in [1.29, 1.82) is 5.26 Å². The molecular formula is C28H23F3N4O. The van der Waals surface area contributed by atoms with Crippen molar-refractivity contribution in [2.75, 3.05) is 5.32 Å². The molecule has 0 unspecified atom stereocenters. The van der Waals surface area contributed by atoms with Gasteiger partial charge in [0, 0.05) is 24.2 Å². The molecule has 1 fully saturated rings. The number of carbonyl (C=O) groups is 1. The summed E-state index contributed by atoms with van der Waals surface area (Å²) >= 11 is 0. The van der Waals surface area contributed by atoms with Gasteiger partial charge in [0.15, 0.2) is 11.6 Å². The third-order valence-electron chi connectivity index (χ3n) is 6.71. The summed E-state index contributed by atoms with van der Waals surface area (Å²) in [5.41, 5.74) is 1.55. The first kappa shape index (κ1) is 23.6. The monoisotopic (exact) mass is 488 g/mol. The minimum atomic E-state index is -0.987. The first-order valence-electron chi connectivity index (χ1n) is 11.9. The highest BCUT2D eigenvalue weighted by atomic mass is 19.2. The van der Waals surface area contributed by atoms with Crippen LogP contribution < -0.4 is 5.32 Å². The minimum Gasteiger partial charge on any atom is -0.324 e. The second kappa shape index (κ2) is 9.86. The molecule has 1 N–H and O–H groups in total. The SMILES string of the molecule is N#Cc1ccc(NC(=O)c2ccccc2-c2nc3cc(F)c(F)cc3n2CC2CCCCC2)c(F)c1. The van der Waals surface area contributed by atoms with Crippen LogP contribution in [0.5, 0.6) is 0 Å². The van der Waals surface area contributed by atoms with E-state index in [0.717, 1.165) is 43.9 Å². The molecule has 5 rings (SSSR count). The molecule has 1 aliphatic rings. The van der Waals surface area contributed by atoms with Gasteiger partial charge >= 0.3 is 0 Å². The molecule has 182 valence electrons. The van der Waals surface area contributed by atoms with E-state index in [9.17, 15) is 18.0 Å². The molecule has 1 aliphatic carbocycles. The topological polar surface area (TPSA) is 70.7 Å². The lowest BCUT2D eigenvalue weighted by Crippen LogP contribution is -2.17. The number of benzene rings is 3. The number of imidazole rings is 1. The third kappa shape index (κ3) is 4.57. The molecule has 4 aromatic rings. The van der Waals surface area contributed by atoms with Gasteiger partial charge in [0.25, 0.3) is 5.91 Å². The van der Waals surface area contributed by atoms with Crippen LogP contribution >= 0.6 is 0 Å². The number of amides is 1. The van der Waals surface area contributed by atoms with Crippen molar-refractivity contribution >= 4 is 22.6 Å². The summed E-state index contributed by atoms with van der Waals surface area (Å²) < 4.78 is 44.6. The molecule has 0 atom stereocenters. The van der Waals surface area contributed by atoms with Gasteiger partial charge < -0.3 is 9.88 Å². The van der Waals surface area contributed by atoms with Gasteiger partial charge in [-0.2, -0.15) is 5.26 Å². The molecule has 0 spiro atoms. The van der Waals surface area contributed by atoms with E-state index >= 15 is 0 Å². The molecule has 0 aliphatic heterocycles. The molecule has 0 saturated heterocycles. The van der Waals surface area contributed by atoms with Crippen molar-refractivity contribution in [2.45, 2.75) is 38.6 Å². The Morgan fingerprint density at radius 2 is 1.75 bits per heavy atom. The molecule has 8 heteroatoms. The van der Waals surface area contributed by atoms with Crippen molar-refractivity contribution in [3.05, 3.63) is 83.2 Å². The Morgan fingerprint density at radius 3 is 2.50 bits per heavy atom. The summed E-state index contributed by atoms with van der Waals surface area (Å²) in [6.07, 6.45) is 5.48. The summed E-state index contributed by atoms with van der Waals surface area (Å²) in [5, 5.41) is 11.5. The number of hydrogen-bond donors (Lipinski definition) is 1. The predicted octanol–water partition coefficient (Wildman–Crippen LogP) is 6.82. The number of rotatable bonds is 5. The first-order valence-corrected chi connectivity index (χ1v) is 11.9. The van der Waals surface area contributed by atoms with Gasteiger partial charge in [-0.1, -0.05) is 37.5 Å². The molecule has 0 radical (unpaired) electrons. The Balaban J connectivity index is 1.58. The van der Waals surface area contributed by atoms with E-state index in [-0.39, 0.29) is 16.8 Å². The van der Waals surface area contributed by atoms with Crippen LogP contribution in [0.4, 0.5) is 18.9 Å². The number of hydrogen-bond acceptors (Lipinski definition) is 3. The maximum Gasteiger partial charge on any atom is 0.256 e. The number of aromatic nitrogens is 2. The van der Waals surface area contributed by atoms with Crippen LogP contribution in [0.25, 0.3) is 22.4 Å². The van der Waals surface area contributed by atoms with Crippen LogP contribution in [0.1, 0.15) is 48.0 Å². The minimum absolute atomic E-state index is 0.0614. The Labute approximate surface area is 206 Å². The molecule has 1 amide bonds.